The summed E-state index contributed by atoms with van der Waals surface area (Å²) in [5.74, 6) is -1.10. The summed E-state index contributed by atoms with van der Waals surface area (Å²) < 4.78 is 17.2. The molecule has 0 aliphatic carbocycles. The van der Waals surface area contributed by atoms with Crippen LogP contribution in [0.4, 0.5) is 4.39 Å². The van der Waals surface area contributed by atoms with E-state index in [4.69, 9.17) is 5.26 Å². The van der Waals surface area contributed by atoms with Gasteiger partial charge in [-0.1, -0.05) is 12.1 Å². The van der Waals surface area contributed by atoms with E-state index in [0.717, 1.165) is 6.08 Å². The number of nitriles is 1. The van der Waals surface area contributed by atoms with Crippen molar-refractivity contribution in [3.05, 3.63) is 41.7 Å². The zero-order chi connectivity index (χ0) is 11.3. The van der Waals surface area contributed by atoms with E-state index in [1.807, 2.05) is 0 Å². The summed E-state index contributed by atoms with van der Waals surface area (Å²) >= 11 is 0. The summed E-state index contributed by atoms with van der Waals surface area (Å²) in [5.41, 5.74) is 0.421. The number of hydrogen-bond acceptors (Lipinski definition) is 3. The first kappa shape index (κ1) is 10.9. The molecule has 0 spiro atoms. The van der Waals surface area contributed by atoms with Gasteiger partial charge in [0.05, 0.1) is 12.7 Å². The van der Waals surface area contributed by atoms with Crippen LogP contribution in [0, 0.1) is 17.1 Å². The molecule has 76 valence electrons. The number of nitrogens with zero attached hydrogens (tertiary/aromatic N) is 1. The van der Waals surface area contributed by atoms with Crippen molar-refractivity contribution in [1.82, 2.24) is 0 Å². The van der Waals surface area contributed by atoms with Gasteiger partial charge in [0.1, 0.15) is 11.9 Å². The van der Waals surface area contributed by atoms with Crippen LogP contribution in [0.15, 0.2) is 30.3 Å². The third-order valence-electron chi connectivity index (χ3n) is 1.72. The molecule has 3 nitrogen and oxygen atoms in total. The Morgan fingerprint density at radius 3 is 2.87 bits per heavy atom. The highest BCUT2D eigenvalue weighted by Crippen LogP contribution is 2.14. The molecule has 1 aromatic carbocycles. The Morgan fingerprint density at radius 2 is 2.33 bits per heavy atom. The van der Waals surface area contributed by atoms with Gasteiger partial charge in [-0.05, 0) is 17.7 Å². The fourth-order valence-corrected chi connectivity index (χ4v) is 1.01. The van der Waals surface area contributed by atoms with Gasteiger partial charge in [-0.25, -0.2) is 9.18 Å². The van der Waals surface area contributed by atoms with E-state index in [1.165, 1.54) is 25.3 Å². The molecule has 1 rings (SSSR count). The van der Waals surface area contributed by atoms with Crippen LogP contribution < -0.4 is 0 Å². The zero-order valence-electron chi connectivity index (χ0n) is 8.03. The molecule has 0 N–H and O–H groups in total. The summed E-state index contributed by atoms with van der Waals surface area (Å²) in [6.45, 7) is 0. The van der Waals surface area contributed by atoms with E-state index >= 15 is 0 Å². The maximum Gasteiger partial charge on any atom is 0.331 e. The van der Waals surface area contributed by atoms with Gasteiger partial charge in [-0.15, -0.1) is 0 Å². The molecule has 0 fully saturated rings. The highest BCUT2D eigenvalue weighted by Gasteiger charge is 2.04. The molecule has 0 heterocycles. The maximum atomic E-state index is 12.8. The van der Waals surface area contributed by atoms with Crippen LogP contribution in [0.3, 0.4) is 0 Å². The van der Waals surface area contributed by atoms with E-state index < -0.39 is 11.8 Å². The van der Waals surface area contributed by atoms with Crippen molar-refractivity contribution < 1.29 is 13.9 Å². The number of ether oxygens (including phenoxy) is 1. The van der Waals surface area contributed by atoms with Crippen LogP contribution in [0.1, 0.15) is 5.56 Å². The van der Waals surface area contributed by atoms with Crippen LogP contribution >= 0.6 is 0 Å². The number of rotatable bonds is 2. The summed E-state index contributed by atoms with van der Waals surface area (Å²) in [6.07, 6.45) is 1.02. The lowest BCUT2D eigenvalue weighted by Crippen LogP contribution is -1.96. The van der Waals surface area contributed by atoms with Crippen molar-refractivity contribution >= 4 is 11.5 Å². The smallest absolute Gasteiger partial charge is 0.331 e. The second-order valence-corrected chi connectivity index (χ2v) is 2.70. The van der Waals surface area contributed by atoms with Crippen molar-refractivity contribution in [2.75, 3.05) is 7.11 Å². The quantitative estimate of drug-likeness (QED) is 0.421. The number of carbonyl (C=O) groups is 1. The Balaban J connectivity index is 3.09. The number of halogens is 1. The van der Waals surface area contributed by atoms with Crippen LogP contribution in [0.2, 0.25) is 0 Å². The Bertz CT molecular complexity index is 446. The minimum atomic E-state index is -0.643. The van der Waals surface area contributed by atoms with Gasteiger partial charge in [0.15, 0.2) is 0 Å². The van der Waals surface area contributed by atoms with Crippen molar-refractivity contribution in [2.24, 2.45) is 0 Å². The van der Waals surface area contributed by atoms with Crippen molar-refractivity contribution in [1.29, 1.82) is 5.26 Å². The van der Waals surface area contributed by atoms with Crippen LogP contribution in [-0.2, 0) is 9.53 Å². The Hall–Kier alpha value is -2.15. The fraction of sp³-hybridized carbons (Fsp3) is 0.0909. The minimum absolute atomic E-state index is 0.0707. The third-order valence-corrected chi connectivity index (χ3v) is 1.72. The molecule has 0 atom stereocenters. The molecule has 1 aromatic rings. The first-order chi connectivity index (χ1) is 7.17. The number of hydrogen-bond donors (Lipinski definition) is 0. The lowest BCUT2D eigenvalue weighted by molar-refractivity contribution is -0.134. The molecule has 0 aliphatic heterocycles. The highest BCUT2D eigenvalue weighted by molar-refractivity contribution is 5.95. The van der Waals surface area contributed by atoms with Crippen molar-refractivity contribution in [2.45, 2.75) is 0 Å². The van der Waals surface area contributed by atoms with E-state index in [0.29, 0.717) is 5.56 Å². The number of carbonyl (C=O) groups excluding carboxylic acids is 1. The van der Waals surface area contributed by atoms with Gasteiger partial charge in [-0.3, -0.25) is 0 Å². The van der Waals surface area contributed by atoms with Crippen molar-refractivity contribution in [3.63, 3.8) is 0 Å². The number of benzene rings is 1. The second kappa shape index (κ2) is 4.91. The van der Waals surface area contributed by atoms with Crippen molar-refractivity contribution in [3.8, 4) is 6.07 Å². The average molecular weight is 205 g/mol. The molecule has 0 bridgehead atoms. The summed E-state index contributed by atoms with van der Waals surface area (Å²) in [6, 6.07) is 7.25. The predicted molar refractivity (Wildman–Crippen MR) is 52.0 cm³/mol. The highest BCUT2D eigenvalue weighted by atomic mass is 19.1. The molecular formula is C11H8FNO2. The van der Waals surface area contributed by atoms with Gasteiger partial charge in [0.2, 0.25) is 0 Å². The molecule has 0 unspecified atom stereocenters. The van der Waals surface area contributed by atoms with Gasteiger partial charge < -0.3 is 4.74 Å². The van der Waals surface area contributed by atoms with Gasteiger partial charge >= 0.3 is 5.97 Å². The Labute approximate surface area is 86.4 Å². The van der Waals surface area contributed by atoms with Gasteiger partial charge in [0, 0.05) is 6.08 Å². The van der Waals surface area contributed by atoms with Gasteiger partial charge in [-0.2, -0.15) is 5.26 Å². The average Bonchev–Trinajstić information content (AvgIpc) is 2.25. The summed E-state index contributed by atoms with van der Waals surface area (Å²) in [4.78, 5) is 10.9. The molecule has 0 saturated carbocycles. The second-order valence-electron chi connectivity index (χ2n) is 2.70. The van der Waals surface area contributed by atoms with Crippen LogP contribution in [0.25, 0.3) is 5.57 Å². The monoisotopic (exact) mass is 205 g/mol. The minimum Gasteiger partial charge on any atom is -0.466 e. The first-order valence-electron chi connectivity index (χ1n) is 4.13. The predicted octanol–water partition coefficient (Wildman–Crippen LogP) is 1.91. The van der Waals surface area contributed by atoms with E-state index in [2.05, 4.69) is 4.74 Å². The first-order valence-corrected chi connectivity index (χ1v) is 4.13. The van der Waals surface area contributed by atoms with Gasteiger partial charge in [0.25, 0.3) is 0 Å². The molecular weight excluding hydrogens is 197 g/mol. The van der Waals surface area contributed by atoms with E-state index in [-0.39, 0.29) is 5.57 Å². The topological polar surface area (TPSA) is 50.1 Å². The standard InChI is InChI=1S/C11H8FNO2/c1-15-11(14)6-9(7-13)8-3-2-4-10(12)5-8/h2-6H,1H3. The van der Waals surface area contributed by atoms with E-state index in [9.17, 15) is 9.18 Å². The summed E-state index contributed by atoms with van der Waals surface area (Å²) in [5, 5.41) is 8.77. The zero-order valence-corrected chi connectivity index (χ0v) is 8.03. The summed E-state index contributed by atoms with van der Waals surface area (Å²) in [7, 11) is 1.21. The lowest BCUT2D eigenvalue weighted by Gasteiger charge is -1.98. The number of methoxy groups -OCH3 is 1. The Kier molecular flexibility index (Phi) is 3.58. The third kappa shape index (κ3) is 2.92. The molecule has 0 aromatic heterocycles. The Morgan fingerprint density at radius 1 is 1.60 bits per heavy atom. The fourth-order valence-electron chi connectivity index (χ4n) is 1.01. The van der Waals surface area contributed by atoms with E-state index in [1.54, 1.807) is 12.1 Å². The molecule has 4 heteroatoms. The van der Waals surface area contributed by atoms with Crippen LogP contribution in [-0.4, -0.2) is 13.1 Å². The maximum absolute atomic E-state index is 12.8. The SMILES string of the molecule is COC(=O)C=C(C#N)c1cccc(F)c1. The number of esters is 1. The number of allylic oxidation sites excluding steroid dienone is 1. The molecule has 15 heavy (non-hydrogen) atoms. The largest absolute Gasteiger partial charge is 0.466 e. The normalized spacial score (nSPS) is 10.6. The molecule has 0 saturated heterocycles. The molecule has 0 amide bonds. The molecule has 0 aliphatic rings. The molecule has 0 radical (unpaired) electrons. The van der Waals surface area contributed by atoms with Crippen LogP contribution in [0.5, 0.6) is 0 Å². The lowest BCUT2D eigenvalue weighted by atomic mass is 10.1.